The molecule has 0 unspecified atom stereocenters. The number of rotatable bonds is 1. The highest BCUT2D eigenvalue weighted by molar-refractivity contribution is 5.70. The van der Waals surface area contributed by atoms with Gasteiger partial charge >= 0.3 is 0 Å². The molecule has 0 amide bonds. The SMILES string of the molecule is Cc1nc(N)ccc1-c1ccc2c(c1)OCCO2. The van der Waals surface area contributed by atoms with E-state index < -0.39 is 0 Å². The summed E-state index contributed by atoms with van der Waals surface area (Å²) in [7, 11) is 0. The second kappa shape index (κ2) is 4.22. The van der Waals surface area contributed by atoms with Gasteiger partial charge in [0.05, 0.1) is 0 Å². The van der Waals surface area contributed by atoms with E-state index in [1.54, 1.807) is 6.07 Å². The maximum absolute atomic E-state index is 5.66. The molecular weight excluding hydrogens is 228 g/mol. The molecule has 0 saturated carbocycles. The van der Waals surface area contributed by atoms with E-state index in [0.717, 1.165) is 28.3 Å². The molecule has 2 aromatic rings. The zero-order chi connectivity index (χ0) is 12.5. The fourth-order valence-corrected chi connectivity index (χ4v) is 2.10. The Morgan fingerprint density at radius 3 is 2.61 bits per heavy atom. The van der Waals surface area contributed by atoms with Crippen LogP contribution >= 0.6 is 0 Å². The van der Waals surface area contributed by atoms with Crippen molar-refractivity contribution < 1.29 is 9.47 Å². The fraction of sp³-hybridized carbons (Fsp3) is 0.214. The fourth-order valence-electron chi connectivity index (χ4n) is 2.10. The van der Waals surface area contributed by atoms with Crippen LogP contribution < -0.4 is 15.2 Å². The summed E-state index contributed by atoms with van der Waals surface area (Å²) in [5.41, 5.74) is 8.69. The van der Waals surface area contributed by atoms with Crippen molar-refractivity contribution >= 4 is 5.82 Å². The zero-order valence-corrected chi connectivity index (χ0v) is 10.1. The smallest absolute Gasteiger partial charge is 0.161 e. The van der Waals surface area contributed by atoms with Crippen molar-refractivity contribution in [2.24, 2.45) is 0 Å². The van der Waals surface area contributed by atoms with E-state index in [1.165, 1.54) is 0 Å². The van der Waals surface area contributed by atoms with Gasteiger partial charge in [0.15, 0.2) is 11.5 Å². The number of ether oxygens (including phenoxy) is 2. The second-order valence-corrected chi connectivity index (χ2v) is 4.23. The number of aryl methyl sites for hydroxylation is 1. The van der Waals surface area contributed by atoms with Crippen LogP contribution in [-0.4, -0.2) is 18.2 Å². The van der Waals surface area contributed by atoms with Gasteiger partial charge in [-0.1, -0.05) is 6.07 Å². The van der Waals surface area contributed by atoms with Crippen LogP contribution in [0.4, 0.5) is 5.82 Å². The molecule has 92 valence electrons. The summed E-state index contributed by atoms with van der Waals surface area (Å²) < 4.78 is 11.1. The normalized spacial score (nSPS) is 13.4. The van der Waals surface area contributed by atoms with Crippen LogP contribution in [0.1, 0.15) is 5.69 Å². The Bertz CT molecular complexity index is 596. The summed E-state index contributed by atoms with van der Waals surface area (Å²) in [5.74, 6) is 2.12. The lowest BCUT2D eigenvalue weighted by atomic mass is 10.0. The molecule has 18 heavy (non-hydrogen) atoms. The summed E-state index contributed by atoms with van der Waals surface area (Å²) in [4.78, 5) is 4.27. The van der Waals surface area contributed by atoms with Crippen molar-refractivity contribution in [3.05, 3.63) is 36.0 Å². The molecule has 0 fully saturated rings. The number of anilines is 1. The molecule has 1 aliphatic rings. The molecule has 0 spiro atoms. The third-order valence-electron chi connectivity index (χ3n) is 2.96. The van der Waals surface area contributed by atoms with Gasteiger partial charge in [0.25, 0.3) is 0 Å². The standard InChI is InChI=1S/C14H14N2O2/c1-9-11(3-5-14(15)16-9)10-2-4-12-13(8-10)18-7-6-17-12/h2-5,8H,6-7H2,1H3,(H2,15,16). The lowest BCUT2D eigenvalue weighted by Gasteiger charge is -2.19. The maximum atomic E-state index is 5.66. The summed E-state index contributed by atoms with van der Waals surface area (Å²) >= 11 is 0. The molecule has 0 radical (unpaired) electrons. The molecule has 4 nitrogen and oxygen atoms in total. The van der Waals surface area contributed by atoms with Gasteiger partial charge in [-0.3, -0.25) is 0 Å². The van der Waals surface area contributed by atoms with Crippen molar-refractivity contribution in [1.82, 2.24) is 4.98 Å². The minimum Gasteiger partial charge on any atom is -0.486 e. The number of hydrogen-bond donors (Lipinski definition) is 1. The molecule has 0 bridgehead atoms. The molecule has 1 aliphatic heterocycles. The largest absolute Gasteiger partial charge is 0.486 e. The number of hydrogen-bond acceptors (Lipinski definition) is 4. The number of aromatic nitrogens is 1. The Morgan fingerprint density at radius 1 is 1.06 bits per heavy atom. The van der Waals surface area contributed by atoms with E-state index >= 15 is 0 Å². The highest BCUT2D eigenvalue weighted by Gasteiger charge is 2.13. The van der Waals surface area contributed by atoms with Crippen molar-refractivity contribution in [3.8, 4) is 22.6 Å². The minimum atomic E-state index is 0.536. The summed E-state index contributed by atoms with van der Waals surface area (Å²) in [6.45, 7) is 3.15. The molecular formula is C14H14N2O2. The molecule has 0 aliphatic carbocycles. The van der Waals surface area contributed by atoms with E-state index in [4.69, 9.17) is 15.2 Å². The van der Waals surface area contributed by atoms with Crippen molar-refractivity contribution in [1.29, 1.82) is 0 Å². The molecule has 2 N–H and O–H groups in total. The van der Waals surface area contributed by atoms with Crippen LogP contribution in [0.2, 0.25) is 0 Å². The number of nitrogens with two attached hydrogens (primary N) is 1. The highest BCUT2D eigenvalue weighted by Crippen LogP contribution is 2.35. The third-order valence-corrected chi connectivity index (χ3v) is 2.96. The summed E-state index contributed by atoms with van der Waals surface area (Å²) in [5, 5.41) is 0. The maximum Gasteiger partial charge on any atom is 0.161 e. The van der Waals surface area contributed by atoms with Gasteiger partial charge in [-0.2, -0.15) is 0 Å². The third kappa shape index (κ3) is 1.86. The van der Waals surface area contributed by atoms with E-state index in [2.05, 4.69) is 4.98 Å². The Morgan fingerprint density at radius 2 is 1.83 bits per heavy atom. The van der Waals surface area contributed by atoms with Crippen LogP contribution in [-0.2, 0) is 0 Å². The molecule has 0 atom stereocenters. The van der Waals surface area contributed by atoms with Gasteiger partial charge < -0.3 is 15.2 Å². The lowest BCUT2D eigenvalue weighted by Crippen LogP contribution is -2.15. The molecule has 4 heteroatoms. The first-order chi connectivity index (χ1) is 8.74. The number of benzene rings is 1. The topological polar surface area (TPSA) is 57.4 Å². The van der Waals surface area contributed by atoms with E-state index in [1.807, 2.05) is 31.2 Å². The molecule has 2 heterocycles. The van der Waals surface area contributed by atoms with Crippen LogP contribution in [0.5, 0.6) is 11.5 Å². The Kier molecular flexibility index (Phi) is 2.55. The average molecular weight is 242 g/mol. The number of nitrogens with zero attached hydrogens (tertiary/aromatic N) is 1. The quantitative estimate of drug-likeness (QED) is 0.834. The van der Waals surface area contributed by atoms with Crippen LogP contribution in [0, 0.1) is 6.92 Å². The van der Waals surface area contributed by atoms with E-state index in [9.17, 15) is 0 Å². The number of fused-ring (bicyclic) bond motifs is 1. The average Bonchev–Trinajstić information content (AvgIpc) is 2.38. The monoisotopic (exact) mass is 242 g/mol. The first-order valence-corrected chi connectivity index (χ1v) is 5.87. The van der Waals surface area contributed by atoms with Crippen molar-refractivity contribution in [2.75, 3.05) is 18.9 Å². The molecule has 1 aromatic heterocycles. The summed E-state index contributed by atoms with van der Waals surface area (Å²) in [6.07, 6.45) is 0. The number of pyridine rings is 1. The molecule has 3 rings (SSSR count). The van der Waals surface area contributed by atoms with Crippen LogP contribution in [0.15, 0.2) is 30.3 Å². The Labute approximate surface area is 105 Å². The molecule has 0 saturated heterocycles. The van der Waals surface area contributed by atoms with Gasteiger partial charge in [-0.15, -0.1) is 0 Å². The van der Waals surface area contributed by atoms with Gasteiger partial charge in [0, 0.05) is 11.3 Å². The highest BCUT2D eigenvalue weighted by atomic mass is 16.6. The van der Waals surface area contributed by atoms with Gasteiger partial charge in [0.2, 0.25) is 0 Å². The summed E-state index contributed by atoms with van der Waals surface area (Å²) in [6, 6.07) is 9.70. The van der Waals surface area contributed by atoms with E-state index in [-0.39, 0.29) is 0 Å². The predicted octanol–water partition coefficient (Wildman–Crippen LogP) is 2.41. The molecule has 1 aromatic carbocycles. The first kappa shape index (κ1) is 10.9. The van der Waals surface area contributed by atoms with Crippen molar-refractivity contribution in [2.45, 2.75) is 6.92 Å². The first-order valence-electron chi connectivity index (χ1n) is 5.87. The van der Waals surface area contributed by atoms with Crippen LogP contribution in [0.3, 0.4) is 0 Å². The van der Waals surface area contributed by atoms with Crippen LogP contribution in [0.25, 0.3) is 11.1 Å². The lowest BCUT2D eigenvalue weighted by molar-refractivity contribution is 0.171. The Balaban J connectivity index is 2.06. The number of nitrogen functional groups attached to an aromatic ring is 1. The minimum absolute atomic E-state index is 0.536. The predicted molar refractivity (Wildman–Crippen MR) is 69.8 cm³/mol. The van der Waals surface area contributed by atoms with Gasteiger partial charge in [-0.25, -0.2) is 4.98 Å². The van der Waals surface area contributed by atoms with Gasteiger partial charge in [0.1, 0.15) is 19.0 Å². The Hall–Kier alpha value is -2.23. The van der Waals surface area contributed by atoms with E-state index in [0.29, 0.717) is 19.0 Å². The van der Waals surface area contributed by atoms with Crippen molar-refractivity contribution in [3.63, 3.8) is 0 Å². The zero-order valence-electron chi connectivity index (χ0n) is 10.1. The second-order valence-electron chi connectivity index (χ2n) is 4.23. The van der Waals surface area contributed by atoms with Gasteiger partial charge in [-0.05, 0) is 36.8 Å².